The summed E-state index contributed by atoms with van der Waals surface area (Å²) in [4.78, 5) is 23.4. The van der Waals surface area contributed by atoms with Crippen LogP contribution in [0.2, 0.25) is 0 Å². The fourth-order valence-electron chi connectivity index (χ4n) is 2.54. The Hall–Kier alpha value is -1.06. The van der Waals surface area contributed by atoms with Crippen molar-refractivity contribution >= 4 is 11.9 Å². The highest BCUT2D eigenvalue weighted by atomic mass is 16.5. The van der Waals surface area contributed by atoms with E-state index >= 15 is 0 Å². The fourth-order valence-corrected chi connectivity index (χ4v) is 2.54. The second-order valence-corrected chi connectivity index (χ2v) is 7.61. The Kier molecular flexibility index (Phi) is 12.7. The highest BCUT2D eigenvalue weighted by Crippen LogP contribution is 2.31. The maximum Gasteiger partial charge on any atom is 0.306 e. The molecule has 0 saturated carbocycles. The minimum Gasteiger partial charge on any atom is -0.465 e. The summed E-state index contributed by atoms with van der Waals surface area (Å²) in [5.41, 5.74) is 0.0546. The van der Waals surface area contributed by atoms with Crippen molar-refractivity contribution in [3.05, 3.63) is 0 Å². The molecule has 0 aromatic rings. The first-order chi connectivity index (χ1) is 11.3. The van der Waals surface area contributed by atoms with Crippen LogP contribution in [0.3, 0.4) is 0 Å². The zero-order chi connectivity index (χ0) is 18.4. The van der Waals surface area contributed by atoms with Crippen molar-refractivity contribution in [2.75, 3.05) is 13.2 Å². The number of ether oxygens (including phenoxy) is 2. The van der Waals surface area contributed by atoms with Gasteiger partial charge in [-0.25, -0.2) is 0 Å². The lowest BCUT2D eigenvalue weighted by atomic mass is 9.81. The van der Waals surface area contributed by atoms with E-state index in [1.165, 1.54) is 19.3 Å². The first-order valence-electron chi connectivity index (χ1n) is 9.64. The molecule has 1 unspecified atom stereocenters. The van der Waals surface area contributed by atoms with Crippen LogP contribution in [-0.4, -0.2) is 25.2 Å². The molecule has 0 saturated heterocycles. The highest BCUT2D eigenvalue weighted by Gasteiger charge is 2.25. The molecule has 4 nitrogen and oxygen atoms in total. The van der Waals surface area contributed by atoms with E-state index in [4.69, 9.17) is 9.47 Å². The maximum atomic E-state index is 11.9. The summed E-state index contributed by atoms with van der Waals surface area (Å²) in [6.45, 7) is 11.4. The molecule has 142 valence electrons. The van der Waals surface area contributed by atoms with E-state index in [1.54, 1.807) is 0 Å². The molecule has 24 heavy (non-hydrogen) atoms. The van der Waals surface area contributed by atoms with Crippen LogP contribution in [0.15, 0.2) is 0 Å². The Bertz CT molecular complexity index is 352. The summed E-state index contributed by atoms with van der Waals surface area (Å²) < 4.78 is 10.5. The van der Waals surface area contributed by atoms with Gasteiger partial charge in [0.2, 0.25) is 0 Å². The van der Waals surface area contributed by atoms with Gasteiger partial charge in [-0.05, 0) is 18.8 Å². The van der Waals surface area contributed by atoms with Crippen molar-refractivity contribution in [3.8, 4) is 0 Å². The summed E-state index contributed by atoms with van der Waals surface area (Å²) >= 11 is 0. The molecule has 0 aromatic carbocycles. The van der Waals surface area contributed by atoms with Gasteiger partial charge in [0.15, 0.2) is 0 Å². The lowest BCUT2D eigenvalue weighted by Gasteiger charge is -2.29. The van der Waals surface area contributed by atoms with Crippen molar-refractivity contribution in [2.45, 2.75) is 92.4 Å². The Morgan fingerprint density at radius 2 is 1.42 bits per heavy atom. The van der Waals surface area contributed by atoms with Crippen LogP contribution in [-0.2, 0) is 19.1 Å². The van der Waals surface area contributed by atoms with Crippen LogP contribution in [0.1, 0.15) is 92.4 Å². The first kappa shape index (κ1) is 22.9. The monoisotopic (exact) mass is 342 g/mol. The second-order valence-electron chi connectivity index (χ2n) is 7.61. The third-order valence-electron chi connectivity index (χ3n) is 4.21. The highest BCUT2D eigenvalue weighted by molar-refractivity contribution is 5.77. The molecular weight excluding hydrogens is 304 g/mol. The van der Waals surface area contributed by atoms with Gasteiger partial charge in [0.25, 0.3) is 0 Å². The van der Waals surface area contributed by atoms with Gasteiger partial charge in [-0.15, -0.1) is 0 Å². The van der Waals surface area contributed by atoms with Gasteiger partial charge in [-0.3, -0.25) is 9.59 Å². The van der Waals surface area contributed by atoms with Crippen LogP contribution in [0, 0.1) is 11.3 Å². The van der Waals surface area contributed by atoms with Crippen LogP contribution < -0.4 is 0 Å². The van der Waals surface area contributed by atoms with Gasteiger partial charge in [0.1, 0.15) is 0 Å². The molecule has 0 spiro atoms. The molecule has 0 aliphatic heterocycles. The summed E-state index contributed by atoms with van der Waals surface area (Å²) in [7, 11) is 0. The van der Waals surface area contributed by atoms with Crippen molar-refractivity contribution in [2.24, 2.45) is 11.3 Å². The minimum atomic E-state index is -0.322. The van der Waals surface area contributed by atoms with E-state index in [0.717, 1.165) is 25.7 Å². The largest absolute Gasteiger partial charge is 0.465 e. The van der Waals surface area contributed by atoms with Crippen molar-refractivity contribution < 1.29 is 19.1 Å². The number of unbranched alkanes of at least 4 members (excludes halogenated alkanes) is 3. The van der Waals surface area contributed by atoms with Crippen LogP contribution >= 0.6 is 0 Å². The number of carbonyl (C=O) groups is 2. The SMILES string of the molecule is CCCCCC(C)(CCCC)COC(=O)CCC(=O)OCC(C)C. The minimum absolute atomic E-state index is 0.0546. The van der Waals surface area contributed by atoms with E-state index in [-0.39, 0.29) is 30.2 Å². The van der Waals surface area contributed by atoms with E-state index < -0.39 is 0 Å². The molecule has 0 aliphatic rings. The molecule has 0 rings (SSSR count). The molecule has 0 aromatic heterocycles. The van der Waals surface area contributed by atoms with Crippen molar-refractivity contribution in [1.82, 2.24) is 0 Å². The second kappa shape index (κ2) is 13.3. The Balaban J connectivity index is 4.16. The fraction of sp³-hybridized carbons (Fsp3) is 0.900. The zero-order valence-electron chi connectivity index (χ0n) is 16.5. The Morgan fingerprint density at radius 1 is 0.875 bits per heavy atom. The van der Waals surface area contributed by atoms with E-state index in [0.29, 0.717) is 19.1 Å². The zero-order valence-corrected chi connectivity index (χ0v) is 16.5. The Morgan fingerprint density at radius 3 is 1.96 bits per heavy atom. The number of esters is 2. The smallest absolute Gasteiger partial charge is 0.306 e. The van der Waals surface area contributed by atoms with E-state index in [9.17, 15) is 9.59 Å². The quantitative estimate of drug-likeness (QED) is 0.318. The molecular formula is C20H38O4. The number of carbonyl (C=O) groups excluding carboxylic acids is 2. The molecule has 0 aliphatic carbocycles. The van der Waals surface area contributed by atoms with Gasteiger partial charge in [-0.1, -0.05) is 66.7 Å². The third kappa shape index (κ3) is 12.4. The first-order valence-corrected chi connectivity index (χ1v) is 9.64. The molecule has 0 heterocycles. The van der Waals surface area contributed by atoms with E-state index in [1.807, 2.05) is 13.8 Å². The van der Waals surface area contributed by atoms with E-state index in [2.05, 4.69) is 20.8 Å². The van der Waals surface area contributed by atoms with Crippen LogP contribution in [0.4, 0.5) is 0 Å². The Labute approximate surface area is 148 Å². The predicted octanol–water partition coefficient (Wildman–Crippen LogP) is 5.29. The molecule has 0 N–H and O–H groups in total. The molecule has 0 bridgehead atoms. The molecule has 0 fully saturated rings. The van der Waals surface area contributed by atoms with Gasteiger partial charge in [-0.2, -0.15) is 0 Å². The predicted molar refractivity (Wildman–Crippen MR) is 97.8 cm³/mol. The van der Waals surface area contributed by atoms with Gasteiger partial charge in [0, 0.05) is 5.41 Å². The number of rotatable bonds is 14. The normalized spacial score (nSPS) is 13.6. The standard InChI is InChI=1S/C20H38O4/c1-6-8-10-14-20(5,13-9-7-2)16-24-19(22)12-11-18(21)23-15-17(3)4/h17H,6-16H2,1-5H3. The number of hydrogen-bond donors (Lipinski definition) is 0. The molecule has 4 heteroatoms. The lowest BCUT2D eigenvalue weighted by molar-refractivity contribution is -0.153. The van der Waals surface area contributed by atoms with Gasteiger partial charge >= 0.3 is 11.9 Å². The van der Waals surface area contributed by atoms with Gasteiger partial charge in [0.05, 0.1) is 26.1 Å². The van der Waals surface area contributed by atoms with Crippen molar-refractivity contribution in [1.29, 1.82) is 0 Å². The summed E-state index contributed by atoms with van der Waals surface area (Å²) in [5, 5.41) is 0. The maximum absolute atomic E-state index is 11.9. The summed E-state index contributed by atoms with van der Waals surface area (Å²) in [6, 6.07) is 0. The topological polar surface area (TPSA) is 52.6 Å². The molecule has 0 amide bonds. The average Bonchev–Trinajstić information content (AvgIpc) is 2.55. The third-order valence-corrected chi connectivity index (χ3v) is 4.21. The van der Waals surface area contributed by atoms with Crippen LogP contribution in [0.5, 0.6) is 0 Å². The molecule has 0 radical (unpaired) electrons. The number of hydrogen-bond acceptors (Lipinski definition) is 4. The average molecular weight is 343 g/mol. The summed E-state index contributed by atoms with van der Waals surface area (Å²) in [6.07, 6.45) is 8.28. The lowest BCUT2D eigenvalue weighted by Crippen LogP contribution is -2.26. The van der Waals surface area contributed by atoms with Crippen molar-refractivity contribution in [3.63, 3.8) is 0 Å². The van der Waals surface area contributed by atoms with Crippen LogP contribution in [0.25, 0.3) is 0 Å². The summed E-state index contributed by atoms with van der Waals surface area (Å²) in [5.74, 6) is -0.310. The molecule has 1 atom stereocenters. The van der Waals surface area contributed by atoms with Gasteiger partial charge < -0.3 is 9.47 Å².